The molecule has 15 heavy (non-hydrogen) atoms. The second kappa shape index (κ2) is 6.62. The van der Waals surface area contributed by atoms with Crippen LogP contribution in [0.1, 0.15) is 6.92 Å². The second-order valence-electron chi connectivity index (χ2n) is 2.67. The Labute approximate surface area is 105 Å². The molecule has 0 aliphatic carbocycles. The van der Waals surface area contributed by atoms with Crippen molar-refractivity contribution in [2.75, 3.05) is 11.9 Å². The minimum atomic E-state index is -4.30. The number of esters is 1. The quantitative estimate of drug-likeness (QED) is 0.345. The normalized spacial score (nSPS) is 14.8. The number of alkyl halides is 2. The lowest BCUT2D eigenvalue weighted by Gasteiger charge is -2.07. The van der Waals surface area contributed by atoms with Crippen molar-refractivity contribution < 1.29 is 22.5 Å². The maximum atomic E-state index is 11.1. The van der Waals surface area contributed by atoms with Crippen LogP contribution >= 0.6 is 31.9 Å². The molecule has 0 fully saturated rings. The maximum absolute atomic E-state index is 11.1. The molecule has 1 N–H and O–H groups in total. The number of carbonyl (C=O) groups excluding carboxylic acids is 1. The Balaban J connectivity index is 4.30. The lowest BCUT2D eigenvalue weighted by atomic mass is 10.4. The Morgan fingerprint density at radius 1 is 1.60 bits per heavy atom. The lowest BCUT2D eigenvalue weighted by molar-refractivity contribution is -0.138. The van der Waals surface area contributed by atoms with Crippen LogP contribution in [0.4, 0.5) is 0 Å². The summed E-state index contributed by atoms with van der Waals surface area (Å²) in [6, 6.07) is 0. The molecule has 0 spiro atoms. The van der Waals surface area contributed by atoms with Gasteiger partial charge < -0.3 is 4.74 Å². The van der Waals surface area contributed by atoms with Crippen molar-refractivity contribution in [2.45, 2.75) is 11.8 Å². The summed E-state index contributed by atoms with van der Waals surface area (Å²) in [5.74, 6) is -0.780. The molecule has 0 aromatic rings. The van der Waals surface area contributed by atoms with E-state index in [2.05, 4.69) is 31.9 Å². The molecule has 0 saturated heterocycles. The van der Waals surface area contributed by atoms with Gasteiger partial charge in [0.1, 0.15) is 6.61 Å². The molecule has 1 atom stereocenters. The van der Waals surface area contributed by atoms with E-state index in [1.165, 1.54) is 6.92 Å². The zero-order valence-corrected chi connectivity index (χ0v) is 11.8. The predicted molar refractivity (Wildman–Crippen MR) is 62.8 cm³/mol. The van der Waals surface area contributed by atoms with Crippen LogP contribution in [0.3, 0.4) is 0 Å². The number of hydrogen-bond donors (Lipinski definition) is 1. The van der Waals surface area contributed by atoms with Gasteiger partial charge in [0.25, 0.3) is 10.1 Å². The lowest BCUT2D eigenvalue weighted by Crippen LogP contribution is -2.15. The van der Waals surface area contributed by atoms with E-state index in [1.807, 2.05) is 0 Å². The minimum absolute atomic E-state index is 0.0417. The predicted octanol–water partition coefficient (Wildman–Crippen LogP) is 1.48. The zero-order chi connectivity index (χ0) is 12.1. The van der Waals surface area contributed by atoms with Gasteiger partial charge in [0.15, 0.2) is 0 Å². The largest absolute Gasteiger partial charge is 0.461 e. The van der Waals surface area contributed by atoms with Crippen molar-refractivity contribution >= 4 is 47.9 Å². The van der Waals surface area contributed by atoms with Crippen molar-refractivity contribution in [3.63, 3.8) is 0 Å². The van der Waals surface area contributed by atoms with Gasteiger partial charge in [0.2, 0.25) is 0 Å². The van der Waals surface area contributed by atoms with Gasteiger partial charge in [-0.3, -0.25) is 4.55 Å². The zero-order valence-electron chi connectivity index (χ0n) is 7.81. The monoisotopic (exact) mass is 364 g/mol. The summed E-state index contributed by atoms with van der Waals surface area (Å²) in [7, 11) is -4.30. The molecule has 0 heterocycles. The van der Waals surface area contributed by atoms with E-state index in [9.17, 15) is 13.2 Å². The molecular formula is C7H10Br2O5S. The van der Waals surface area contributed by atoms with Gasteiger partial charge >= 0.3 is 5.97 Å². The number of halogens is 2. The van der Waals surface area contributed by atoms with E-state index < -0.39 is 16.1 Å². The molecule has 5 nitrogen and oxygen atoms in total. The van der Waals surface area contributed by atoms with E-state index in [0.717, 1.165) is 0 Å². The molecule has 0 aliphatic heterocycles. The highest BCUT2D eigenvalue weighted by Crippen LogP contribution is 2.06. The Kier molecular flexibility index (Phi) is 6.65. The van der Waals surface area contributed by atoms with Gasteiger partial charge in [-0.25, -0.2) is 4.79 Å². The topological polar surface area (TPSA) is 80.7 Å². The summed E-state index contributed by atoms with van der Waals surface area (Å²) in [6.07, 6.45) is 0. The van der Waals surface area contributed by atoms with Crippen LogP contribution in [0.5, 0.6) is 0 Å². The van der Waals surface area contributed by atoms with E-state index >= 15 is 0 Å². The van der Waals surface area contributed by atoms with Gasteiger partial charge in [0.05, 0.1) is 10.2 Å². The summed E-state index contributed by atoms with van der Waals surface area (Å²) in [5, 5.41) is 1.05. The molecule has 0 bridgehead atoms. The number of hydrogen-bond acceptors (Lipinski definition) is 4. The molecule has 8 heteroatoms. The molecule has 88 valence electrons. The fourth-order valence-corrected chi connectivity index (χ4v) is 1.46. The molecule has 0 radical (unpaired) electrons. The Morgan fingerprint density at radius 3 is 2.53 bits per heavy atom. The summed E-state index contributed by atoms with van der Waals surface area (Å²) < 4.78 is 34.0. The standard InChI is InChI=1S/C7H10Br2O5S/c1-5(4-15(11,12)13)7(10)14-3-6(9)2-8/h4,6H,2-3H2,1H3,(H,11,12,13). The third-order valence-electron chi connectivity index (χ3n) is 1.21. The summed E-state index contributed by atoms with van der Waals surface area (Å²) in [4.78, 5) is 11.1. The Morgan fingerprint density at radius 2 is 2.13 bits per heavy atom. The molecule has 0 aromatic carbocycles. The smallest absolute Gasteiger partial charge is 0.334 e. The van der Waals surface area contributed by atoms with Crippen LogP contribution in [-0.2, 0) is 19.6 Å². The first-order chi connectivity index (χ1) is 6.76. The third-order valence-corrected chi connectivity index (χ3v) is 4.10. The molecule has 1 unspecified atom stereocenters. The average molecular weight is 366 g/mol. The molecule has 0 aliphatic rings. The van der Waals surface area contributed by atoms with Gasteiger partial charge in [-0.2, -0.15) is 8.42 Å². The number of ether oxygens (including phenoxy) is 1. The maximum Gasteiger partial charge on any atom is 0.334 e. The minimum Gasteiger partial charge on any atom is -0.461 e. The molecular weight excluding hydrogens is 356 g/mol. The average Bonchev–Trinajstić information content (AvgIpc) is 2.10. The van der Waals surface area contributed by atoms with Gasteiger partial charge in [0, 0.05) is 10.9 Å². The van der Waals surface area contributed by atoms with Crippen molar-refractivity contribution in [1.82, 2.24) is 0 Å². The number of rotatable bonds is 5. The van der Waals surface area contributed by atoms with Gasteiger partial charge in [-0.1, -0.05) is 31.9 Å². The van der Waals surface area contributed by atoms with Crippen LogP contribution in [0.25, 0.3) is 0 Å². The van der Waals surface area contributed by atoms with E-state index in [0.29, 0.717) is 10.7 Å². The Bertz CT molecular complexity index is 348. The van der Waals surface area contributed by atoms with E-state index in [1.54, 1.807) is 0 Å². The number of carbonyl (C=O) groups is 1. The van der Waals surface area contributed by atoms with Gasteiger partial charge in [-0.15, -0.1) is 0 Å². The van der Waals surface area contributed by atoms with Crippen LogP contribution < -0.4 is 0 Å². The first-order valence-corrected chi connectivity index (χ1v) is 7.33. The first kappa shape index (κ1) is 15.1. The van der Waals surface area contributed by atoms with E-state index in [4.69, 9.17) is 9.29 Å². The summed E-state index contributed by atoms with van der Waals surface area (Å²) >= 11 is 6.37. The van der Waals surface area contributed by atoms with Crippen LogP contribution in [0, 0.1) is 0 Å². The Hall–Kier alpha value is 0.0800. The molecule has 0 rings (SSSR count). The highest BCUT2D eigenvalue weighted by Gasteiger charge is 2.12. The highest BCUT2D eigenvalue weighted by molar-refractivity contribution is 9.12. The van der Waals surface area contributed by atoms with E-state index in [-0.39, 0.29) is 17.0 Å². The van der Waals surface area contributed by atoms with Crippen molar-refractivity contribution in [3.05, 3.63) is 11.0 Å². The second-order valence-corrected chi connectivity index (χ2v) is 5.87. The SMILES string of the molecule is CC(=CS(=O)(=O)O)C(=O)OCC(Br)CBr. The van der Waals surface area contributed by atoms with Gasteiger partial charge in [-0.05, 0) is 6.92 Å². The van der Waals surface area contributed by atoms with Crippen LogP contribution in [-0.4, -0.2) is 35.7 Å². The van der Waals surface area contributed by atoms with Crippen LogP contribution in [0.2, 0.25) is 0 Å². The first-order valence-electron chi connectivity index (χ1n) is 3.79. The molecule has 0 amide bonds. The van der Waals surface area contributed by atoms with Crippen molar-refractivity contribution in [3.8, 4) is 0 Å². The van der Waals surface area contributed by atoms with Crippen molar-refractivity contribution in [2.24, 2.45) is 0 Å². The van der Waals surface area contributed by atoms with Crippen LogP contribution in [0.15, 0.2) is 11.0 Å². The highest BCUT2D eigenvalue weighted by atomic mass is 79.9. The van der Waals surface area contributed by atoms with Crippen molar-refractivity contribution in [1.29, 1.82) is 0 Å². The third kappa shape index (κ3) is 7.95. The summed E-state index contributed by atoms with van der Waals surface area (Å²) in [6.45, 7) is 1.36. The summed E-state index contributed by atoms with van der Waals surface area (Å²) in [5.41, 5.74) is -0.174. The molecule has 0 saturated carbocycles. The fraction of sp³-hybridized carbons (Fsp3) is 0.571. The molecule has 0 aromatic heterocycles. The fourth-order valence-electron chi connectivity index (χ4n) is 0.596.